The summed E-state index contributed by atoms with van der Waals surface area (Å²) in [6.07, 6.45) is 4.09. The van der Waals surface area contributed by atoms with E-state index >= 15 is 0 Å². The molecule has 1 saturated carbocycles. The molecule has 100 valence electrons. The summed E-state index contributed by atoms with van der Waals surface area (Å²) in [7, 11) is 0. The van der Waals surface area contributed by atoms with E-state index < -0.39 is 0 Å². The first kappa shape index (κ1) is 14.5. The molecule has 0 heterocycles. The van der Waals surface area contributed by atoms with Crippen molar-refractivity contribution in [1.29, 1.82) is 0 Å². The van der Waals surface area contributed by atoms with E-state index in [9.17, 15) is 4.79 Å². The lowest BCUT2D eigenvalue weighted by atomic mass is 9.66. The topological polar surface area (TPSA) is 38.3 Å². The molecule has 1 fully saturated rings. The molecule has 3 heteroatoms. The molecule has 17 heavy (non-hydrogen) atoms. The highest BCUT2D eigenvalue weighted by Gasteiger charge is 2.39. The first-order chi connectivity index (χ1) is 7.72. The molecule has 3 nitrogen and oxygen atoms in total. The molecule has 0 saturated heterocycles. The normalized spacial score (nSPS) is 18.9. The Morgan fingerprint density at radius 1 is 1.35 bits per heavy atom. The van der Waals surface area contributed by atoms with Crippen molar-refractivity contribution in [3.8, 4) is 0 Å². The molecular formula is C14H27NO2. The second kappa shape index (κ2) is 5.38. The molecule has 0 unspecified atom stereocenters. The van der Waals surface area contributed by atoms with Gasteiger partial charge in [-0.15, -0.1) is 0 Å². The van der Waals surface area contributed by atoms with Crippen molar-refractivity contribution in [3.63, 3.8) is 0 Å². The van der Waals surface area contributed by atoms with E-state index in [1.54, 1.807) is 0 Å². The molecule has 0 aromatic carbocycles. The molecule has 1 aliphatic rings. The minimum absolute atomic E-state index is 0.0530. The Balaban J connectivity index is 2.43. The highest BCUT2D eigenvalue weighted by Crippen LogP contribution is 2.43. The lowest BCUT2D eigenvalue weighted by Crippen LogP contribution is -2.44. The summed E-state index contributed by atoms with van der Waals surface area (Å²) < 4.78 is 5.41. The average Bonchev–Trinajstić information content (AvgIpc) is 2.05. The summed E-state index contributed by atoms with van der Waals surface area (Å²) in [6.45, 7) is 11.0. The van der Waals surface area contributed by atoms with Crippen LogP contribution in [0.4, 0.5) is 0 Å². The van der Waals surface area contributed by atoms with E-state index in [0.29, 0.717) is 12.5 Å². The number of carbonyl (C=O) groups excluding carboxylic acids is 1. The van der Waals surface area contributed by atoms with Crippen LogP contribution in [0.2, 0.25) is 0 Å². The Morgan fingerprint density at radius 3 is 2.29 bits per heavy atom. The maximum Gasteiger partial charge on any atom is 0.306 e. The van der Waals surface area contributed by atoms with E-state index in [4.69, 9.17) is 4.74 Å². The van der Waals surface area contributed by atoms with E-state index in [-0.39, 0.29) is 17.0 Å². The standard InChI is InChI=1S/C14H27NO2/c1-11(2)15-10-14(7-6-8-14)9-12(16)17-13(3,4)5/h11,15H,6-10H2,1-5H3. The first-order valence-corrected chi connectivity index (χ1v) is 6.68. The zero-order valence-corrected chi connectivity index (χ0v) is 11.9. The summed E-state index contributed by atoms with van der Waals surface area (Å²) in [6, 6.07) is 0.478. The molecule has 0 aromatic heterocycles. The Kier molecular flexibility index (Phi) is 4.59. The van der Waals surface area contributed by atoms with Crippen molar-refractivity contribution in [3.05, 3.63) is 0 Å². The predicted molar refractivity (Wildman–Crippen MR) is 69.9 cm³/mol. The molecule has 0 bridgehead atoms. The van der Waals surface area contributed by atoms with Gasteiger partial charge in [-0.2, -0.15) is 0 Å². The van der Waals surface area contributed by atoms with Gasteiger partial charge in [-0.1, -0.05) is 20.3 Å². The van der Waals surface area contributed by atoms with Crippen LogP contribution in [0.5, 0.6) is 0 Å². The highest BCUT2D eigenvalue weighted by atomic mass is 16.6. The largest absolute Gasteiger partial charge is 0.460 e. The number of carbonyl (C=O) groups is 1. The monoisotopic (exact) mass is 241 g/mol. The van der Waals surface area contributed by atoms with Crippen LogP contribution >= 0.6 is 0 Å². The minimum Gasteiger partial charge on any atom is -0.460 e. The van der Waals surface area contributed by atoms with Crippen molar-refractivity contribution in [1.82, 2.24) is 5.32 Å². The molecule has 1 rings (SSSR count). The van der Waals surface area contributed by atoms with Gasteiger partial charge in [-0.3, -0.25) is 4.79 Å². The second-order valence-corrected chi connectivity index (χ2v) is 6.65. The lowest BCUT2D eigenvalue weighted by Gasteiger charge is -2.42. The molecule has 1 N–H and O–H groups in total. The third-order valence-corrected chi connectivity index (χ3v) is 3.24. The molecule has 0 spiro atoms. The Bertz CT molecular complexity index is 262. The van der Waals surface area contributed by atoms with Gasteiger partial charge in [-0.25, -0.2) is 0 Å². The molecule has 0 atom stereocenters. The van der Waals surface area contributed by atoms with Crippen LogP contribution in [-0.4, -0.2) is 24.2 Å². The van der Waals surface area contributed by atoms with Crippen LogP contribution in [-0.2, 0) is 9.53 Å². The molecule has 0 aromatic rings. The molecule has 0 radical (unpaired) electrons. The Hall–Kier alpha value is -0.570. The summed E-state index contributed by atoms with van der Waals surface area (Å²) in [5.74, 6) is -0.0530. The third-order valence-electron chi connectivity index (χ3n) is 3.24. The fraction of sp³-hybridized carbons (Fsp3) is 0.929. The number of rotatable bonds is 5. The number of ether oxygens (including phenoxy) is 1. The van der Waals surface area contributed by atoms with E-state index in [2.05, 4.69) is 19.2 Å². The summed E-state index contributed by atoms with van der Waals surface area (Å²) in [5.41, 5.74) is -0.208. The Labute approximate surface area is 105 Å². The number of esters is 1. The van der Waals surface area contributed by atoms with Gasteiger partial charge < -0.3 is 10.1 Å². The van der Waals surface area contributed by atoms with Gasteiger partial charge in [0, 0.05) is 12.6 Å². The van der Waals surface area contributed by atoms with Crippen LogP contribution in [0.3, 0.4) is 0 Å². The molecular weight excluding hydrogens is 214 g/mol. The zero-order chi connectivity index (χ0) is 13.1. The summed E-state index contributed by atoms with van der Waals surface area (Å²) in [4.78, 5) is 11.9. The average molecular weight is 241 g/mol. The number of nitrogens with one attached hydrogen (secondary N) is 1. The SMILES string of the molecule is CC(C)NCC1(CC(=O)OC(C)(C)C)CCC1. The smallest absolute Gasteiger partial charge is 0.306 e. The van der Waals surface area contributed by atoms with Crippen LogP contribution < -0.4 is 5.32 Å². The lowest BCUT2D eigenvalue weighted by molar-refractivity contribution is -0.159. The van der Waals surface area contributed by atoms with Gasteiger partial charge in [0.25, 0.3) is 0 Å². The second-order valence-electron chi connectivity index (χ2n) is 6.65. The van der Waals surface area contributed by atoms with Gasteiger partial charge >= 0.3 is 5.97 Å². The maximum absolute atomic E-state index is 11.9. The third kappa shape index (κ3) is 5.07. The fourth-order valence-corrected chi connectivity index (χ4v) is 2.20. The zero-order valence-electron chi connectivity index (χ0n) is 11.9. The maximum atomic E-state index is 11.9. The Morgan fingerprint density at radius 2 is 1.94 bits per heavy atom. The summed E-state index contributed by atoms with van der Waals surface area (Å²) in [5, 5.41) is 3.45. The first-order valence-electron chi connectivity index (χ1n) is 6.68. The van der Waals surface area contributed by atoms with Gasteiger partial charge in [0.15, 0.2) is 0 Å². The molecule has 0 amide bonds. The van der Waals surface area contributed by atoms with Crippen molar-refractivity contribution < 1.29 is 9.53 Å². The minimum atomic E-state index is -0.368. The predicted octanol–water partition coefficient (Wildman–Crippen LogP) is 2.89. The van der Waals surface area contributed by atoms with Gasteiger partial charge in [0.1, 0.15) is 5.60 Å². The van der Waals surface area contributed by atoms with Crippen LogP contribution in [0.15, 0.2) is 0 Å². The van der Waals surface area contributed by atoms with Crippen molar-refractivity contribution in [2.45, 2.75) is 71.9 Å². The molecule has 0 aliphatic heterocycles. The van der Waals surface area contributed by atoms with E-state index in [1.807, 2.05) is 20.8 Å². The van der Waals surface area contributed by atoms with Gasteiger partial charge in [0.2, 0.25) is 0 Å². The van der Waals surface area contributed by atoms with Crippen LogP contribution in [0.1, 0.15) is 60.3 Å². The van der Waals surface area contributed by atoms with Crippen molar-refractivity contribution >= 4 is 5.97 Å². The quantitative estimate of drug-likeness (QED) is 0.752. The number of hydrogen-bond donors (Lipinski definition) is 1. The van der Waals surface area contributed by atoms with Gasteiger partial charge in [0.05, 0.1) is 6.42 Å². The van der Waals surface area contributed by atoms with Crippen molar-refractivity contribution in [2.24, 2.45) is 5.41 Å². The van der Waals surface area contributed by atoms with Crippen molar-refractivity contribution in [2.75, 3.05) is 6.54 Å². The van der Waals surface area contributed by atoms with E-state index in [1.165, 1.54) is 6.42 Å². The van der Waals surface area contributed by atoms with Crippen LogP contribution in [0.25, 0.3) is 0 Å². The number of hydrogen-bond acceptors (Lipinski definition) is 3. The van der Waals surface area contributed by atoms with Crippen LogP contribution in [0, 0.1) is 5.41 Å². The van der Waals surface area contributed by atoms with E-state index in [0.717, 1.165) is 19.4 Å². The summed E-state index contributed by atoms with van der Waals surface area (Å²) >= 11 is 0. The molecule has 1 aliphatic carbocycles. The fourth-order valence-electron chi connectivity index (χ4n) is 2.20. The highest BCUT2D eigenvalue weighted by molar-refractivity contribution is 5.71. The van der Waals surface area contributed by atoms with Gasteiger partial charge in [-0.05, 0) is 39.0 Å².